The molecule has 0 bridgehead atoms. The van der Waals surface area contributed by atoms with E-state index in [1.165, 1.54) is 16.9 Å². The normalized spacial score (nSPS) is 11.2. The number of hydrogen-bond acceptors (Lipinski definition) is 2. The smallest absolute Gasteiger partial charge is 0.330 e. The summed E-state index contributed by atoms with van der Waals surface area (Å²) in [4.78, 5) is 18.4. The topological polar surface area (TPSA) is 31.2 Å². The van der Waals surface area contributed by atoms with E-state index in [0.717, 1.165) is 26.3 Å². The monoisotopic (exact) mass is 467 g/mol. The first-order valence-electron chi connectivity index (χ1n) is 7.51. The Balaban J connectivity index is 1.88. The number of halogens is 4. The van der Waals surface area contributed by atoms with Crippen molar-refractivity contribution in [1.82, 2.24) is 4.73 Å². The van der Waals surface area contributed by atoms with Gasteiger partial charge in [-0.2, -0.15) is 4.73 Å². The largest absolute Gasteiger partial charge is 0.366 e. The number of rotatable bonds is 2. The van der Waals surface area contributed by atoms with Crippen molar-refractivity contribution >= 4 is 78.5 Å². The summed E-state index contributed by atoms with van der Waals surface area (Å²) in [6, 6.07) is 16.3. The fraction of sp³-hybridized carbons (Fsp3) is 0. The molecular weight excluding hydrogens is 460 g/mol. The highest BCUT2D eigenvalue weighted by atomic mass is 79.9. The molecule has 4 rings (SSSR count). The highest BCUT2D eigenvalue weighted by Crippen LogP contribution is 2.32. The quantitative estimate of drug-likeness (QED) is 0.324. The molecular formula is C19H9BrCl3NO2. The van der Waals surface area contributed by atoms with Crippen LogP contribution in [-0.2, 0) is 0 Å². The Hall–Kier alpha value is -1.72. The maximum absolute atomic E-state index is 12.8. The van der Waals surface area contributed by atoms with Crippen LogP contribution in [0.15, 0.2) is 59.1 Å². The summed E-state index contributed by atoms with van der Waals surface area (Å²) >= 11 is 21.7. The van der Waals surface area contributed by atoms with Crippen LogP contribution in [0.1, 0.15) is 10.4 Å². The average molecular weight is 470 g/mol. The Morgan fingerprint density at radius 3 is 2.27 bits per heavy atom. The molecule has 0 aliphatic rings. The van der Waals surface area contributed by atoms with Crippen molar-refractivity contribution in [2.75, 3.05) is 0 Å². The van der Waals surface area contributed by atoms with E-state index in [1.54, 1.807) is 0 Å². The molecule has 4 aromatic rings. The second-order valence-corrected chi connectivity index (χ2v) is 7.76. The van der Waals surface area contributed by atoms with E-state index in [4.69, 9.17) is 39.6 Å². The van der Waals surface area contributed by atoms with Crippen LogP contribution >= 0.6 is 50.7 Å². The molecule has 1 heterocycles. The minimum absolute atomic E-state index is 0.0702. The van der Waals surface area contributed by atoms with Crippen molar-refractivity contribution in [1.29, 1.82) is 0 Å². The highest BCUT2D eigenvalue weighted by molar-refractivity contribution is 9.10. The molecule has 26 heavy (non-hydrogen) atoms. The lowest BCUT2D eigenvalue weighted by Gasteiger charge is -2.10. The first-order valence-corrected chi connectivity index (χ1v) is 9.44. The number of carbonyl (C=O) groups is 1. The third kappa shape index (κ3) is 2.97. The lowest BCUT2D eigenvalue weighted by Crippen LogP contribution is -2.20. The second-order valence-electron chi connectivity index (χ2n) is 5.60. The van der Waals surface area contributed by atoms with Gasteiger partial charge in [-0.25, -0.2) is 4.79 Å². The third-order valence-corrected chi connectivity index (χ3v) is 5.28. The number of fused-ring (bicyclic) bond motifs is 3. The number of nitrogens with zero attached hydrogens (tertiary/aromatic N) is 1. The predicted molar refractivity (Wildman–Crippen MR) is 110 cm³/mol. The van der Waals surface area contributed by atoms with Gasteiger partial charge in [-0.15, -0.1) is 0 Å². The van der Waals surface area contributed by atoms with E-state index in [9.17, 15) is 4.79 Å². The molecule has 0 spiro atoms. The van der Waals surface area contributed by atoms with Crippen molar-refractivity contribution in [3.8, 4) is 0 Å². The average Bonchev–Trinajstić information content (AvgIpc) is 2.88. The number of aromatic nitrogens is 1. The van der Waals surface area contributed by atoms with Gasteiger partial charge in [-0.05, 0) is 36.4 Å². The molecule has 0 N–H and O–H groups in total. The van der Waals surface area contributed by atoms with Gasteiger partial charge in [0.05, 0.1) is 26.6 Å². The van der Waals surface area contributed by atoms with Gasteiger partial charge in [0.15, 0.2) is 0 Å². The number of para-hydroxylation sites is 1. The molecule has 0 fully saturated rings. The summed E-state index contributed by atoms with van der Waals surface area (Å²) in [5.41, 5.74) is 1.58. The molecule has 130 valence electrons. The molecule has 0 atom stereocenters. The Morgan fingerprint density at radius 1 is 0.885 bits per heavy atom. The highest BCUT2D eigenvalue weighted by Gasteiger charge is 2.21. The molecule has 0 aliphatic heterocycles. The molecule has 0 radical (unpaired) electrons. The lowest BCUT2D eigenvalue weighted by atomic mass is 10.2. The Labute approximate surface area is 172 Å². The first-order chi connectivity index (χ1) is 12.5. The maximum Gasteiger partial charge on any atom is 0.366 e. The number of hydrogen-bond donors (Lipinski definition) is 0. The Morgan fingerprint density at radius 2 is 1.54 bits per heavy atom. The van der Waals surface area contributed by atoms with Gasteiger partial charge in [0.2, 0.25) is 0 Å². The Kier molecular flexibility index (Phi) is 4.61. The lowest BCUT2D eigenvalue weighted by molar-refractivity contribution is 0.0501. The molecule has 0 saturated carbocycles. The van der Waals surface area contributed by atoms with Gasteiger partial charge < -0.3 is 4.84 Å². The van der Waals surface area contributed by atoms with Gasteiger partial charge >= 0.3 is 5.97 Å². The molecule has 3 nitrogen and oxygen atoms in total. The SMILES string of the molecule is O=C(On1c2ccccc2c2cc(Br)ccc21)c1c(Cl)cc(Cl)cc1Cl. The summed E-state index contributed by atoms with van der Waals surface area (Å²) in [6.45, 7) is 0. The fourth-order valence-corrected chi connectivity index (χ4v) is 4.21. The van der Waals surface area contributed by atoms with Crippen molar-refractivity contribution in [2.24, 2.45) is 0 Å². The van der Waals surface area contributed by atoms with E-state index in [1.807, 2.05) is 42.5 Å². The zero-order valence-corrected chi connectivity index (χ0v) is 16.8. The van der Waals surface area contributed by atoms with Crippen LogP contribution in [0.2, 0.25) is 15.1 Å². The summed E-state index contributed by atoms with van der Waals surface area (Å²) in [5.74, 6) is -0.665. The summed E-state index contributed by atoms with van der Waals surface area (Å²) in [7, 11) is 0. The molecule has 0 aliphatic carbocycles. The van der Waals surface area contributed by atoms with Crippen molar-refractivity contribution in [2.45, 2.75) is 0 Å². The standard InChI is InChI=1S/C19H9BrCl3NO2/c20-10-5-6-17-13(7-10)12-3-1-2-4-16(12)24(17)26-19(25)18-14(22)8-11(21)9-15(18)23/h1-9H. The molecule has 0 amide bonds. The molecule has 0 saturated heterocycles. The Bertz CT molecular complexity index is 1160. The molecule has 7 heteroatoms. The molecule has 0 unspecified atom stereocenters. The van der Waals surface area contributed by atoms with E-state index < -0.39 is 5.97 Å². The van der Waals surface area contributed by atoms with Crippen LogP contribution in [0.5, 0.6) is 0 Å². The number of carbonyl (C=O) groups excluding carboxylic acids is 1. The molecule has 3 aromatic carbocycles. The summed E-state index contributed by atoms with van der Waals surface area (Å²) < 4.78 is 2.42. The fourth-order valence-electron chi connectivity index (χ4n) is 2.87. The van der Waals surface area contributed by atoms with Gasteiger partial charge in [0.25, 0.3) is 0 Å². The van der Waals surface area contributed by atoms with Crippen LogP contribution in [-0.4, -0.2) is 10.7 Å². The zero-order chi connectivity index (χ0) is 18.4. The summed E-state index contributed by atoms with van der Waals surface area (Å²) in [5, 5.41) is 2.53. The van der Waals surface area contributed by atoms with E-state index in [0.29, 0.717) is 5.02 Å². The van der Waals surface area contributed by atoms with Crippen molar-refractivity contribution < 1.29 is 9.63 Å². The van der Waals surface area contributed by atoms with Crippen LogP contribution in [0.25, 0.3) is 21.8 Å². The first kappa shape index (κ1) is 17.7. The second kappa shape index (κ2) is 6.78. The van der Waals surface area contributed by atoms with Crippen molar-refractivity contribution in [3.63, 3.8) is 0 Å². The minimum atomic E-state index is -0.665. The van der Waals surface area contributed by atoms with Gasteiger partial charge in [-0.3, -0.25) is 0 Å². The van der Waals surface area contributed by atoms with Crippen LogP contribution in [0.3, 0.4) is 0 Å². The zero-order valence-electron chi connectivity index (χ0n) is 13.0. The van der Waals surface area contributed by atoms with Gasteiger partial charge in [-0.1, -0.05) is 68.9 Å². The maximum atomic E-state index is 12.8. The third-order valence-electron chi connectivity index (χ3n) is 3.98. The van der Waals surface area contributed by atoms with Crippen LogP contribution in [0.4, 0.5) is 0 Å². The predicted octanol–water partition coefficient (Wildman–Crippen LogP) is 6.79. The minimum Gasteiger partial charge on any atom is -0.330 e. The van der Waals surface area contributed by atoms with Crippen molar-refractivity contribution in [3.05, 3.63) is 79.7 Å². The van der Waals surface area contributed by atoms with E-state index >= 15 is 0 Å². The van der Waals surface area contributed by atoms with Gasteiger partial charge in [0, 0.05) is 20.3 Å². The number of benzene rings is 3. The molecule has 1 aromatic heterocycles. The summed E-state index contributed by atoms with van der Waals surface area (Å²) in [6.07, 6.45) is 0. The van der Waals surface area contributed by atoms with E-state index in [2.05, 4.69) is 15.9 Å². The van der Waals surface area contributed by atoms with Gasteiger partial charge in [0.1, 0.15) is 0 Å². The van der Waals surface area contributed by atoms with E-state index in [-0.39, 0.29) is 15.6 Å². The van der Waals surface area contributed by atoms with Crippen LogP contribution < -0.4 is 4.84 Å². The van der Waals surface area contributed by atoms with Crippen LogP contribution in [0, 0.1) is 0 Å².